The van der Waals surface area contributed by atoms with Crippen LogP contribution in [0.1, 0.15) is 0 Å². The first-order chi connectivity index (χ1) is 7.70. The second kappa shape index (κ2) is 4.41. The average molecular weight is 235 g/mol. The van der Waals surface area contributed by atoms with E-state index in [-0.39, 0.29) is 0 Å². The highest BCUT2D eigenvalue weighted by molar-refractivity contribution is 6.32. The molecule has 4 heteroatoms. The Hall–Kier alpha value is -1.74. The SMILES string of the molecule is COc1ccc(-c2ccc(N)cn2)cc1Cl. The molecule has 82 valence electrons. The van der Waals surface area contributed by atoms with Gasteiger partial charge in [0.25, 0.3) is 0 Å². The summed E-state index contributed by atoms with van der Waals surface area (Å²) in [5.41, 5.74) is 7.98. The lowest BCUT2D eigenvalue weighted by Gasteiger charge is -2.05. The van der Waals surface area contributed by atoms with Crippen LogP contribution in [0.4, 0.5) is 5.69 Å². The van der Waals surface area contributed by atoms with Gasteiger partial charge in [0, 0.05) is 5.56 Å². The van der Waals surface area contributed by atoms with Crippen LogP contribution in [-0.4, -0.2) is 12.1 Å². The number of nitrogen functional groups attached to an aromatic ring is 1. The zero-order valence-corrected chi connectivity index (χ0v) is 9.53. The molecule has 0 saturated heterocycles. The number of anilines is 1. The van der Waals surface area contributed by atoms with E-state index in [1.54, 1.807) is 19.4 Å². The molecule has 2 rings (SSSR count). The Balaban J connectivity index is 2.41. The van der Waals surface area contributed by atoms with Crippen LogP contribution in [0.3, 0.4) is 0 Å². The Labute approximate surface area is 98.8 Å². The monoisotopic (exact) mass is 234 g/mol. The molecule has 0 fully saturated rings. The molecule has 3 nitrogen and oxygen atoms in total. The Morgan fingerprint density at radius 2 is 2.06 bits per heavy atom. The van der Waals surface area contributed by atoms with Crippen molar-refractivity contribution >= 4 is 17.3 Å². The van der Waals surface area contributed by atoms with E-state index >= 15 is 0 Å². The summed E-state index contributed by atoms with van der Waals surface area (Å²) in [6.07, 6.45) is 1.62. The van der Waals surface area contributed by atoms with Gasteiger partial charge in [-0.1, -0.05) is 11.6 Å². The third-order valence-corrected chi connectivity index (χ3v) is 2.53. The summed E-state index contributed by atoms with van der Waals surface area (Å²) in [6, 6.07) is 9.20. The second-order valence-corrected chi connectivity index (χ2v) is 3.73. The number of methoxy groups -OCH3 is 1. The highest BCUT2D eigenvalue weighted by atomic mass is 35.5. The molecule has 16 heavy (non-hydrogen) atoms. The van der Waals surface area contributed by atoms with Gasteiger partial charge >= 0.3 is 0 Å². The van der Waals surface area contributed by atoms with Gasteiger partial charge in [-0.2, -0.15) is 0 Å². The summed E-state index contributed by atoms with van der Waals surface area (Å²) in [5.74, 6) is 0.654. The van der Waals surface area contributed by atoms with E-state index in [0.717, 1.165) is 11.3 Å². The Bertz CT molecular complexity index is 497. The lowest BCUT2D eigenvalue weighted by Crippen LogP contribution is -1.89. The number of aromatic nitrogens is 1. The van der Waals surface area contributed by atoms with Gasteiger partial charge in [-0.3, -0.25) is 4.98 Å². The Kier molecular flexibility index (Phi) is 2.97. The summed E-state index contributed by atoms with van der Waals surface area (Å²) >= 11 is 6.03. The first-order valence-electron chi connectivity index (χ1n) is 4.76. The van der Waals surface area contributed by atoms with Crippen LogP contribution >= 0.6 is 11.6 Å². The minimum absolute atomic E-state index is 0.568. The van der Waals surface area contributed by atoms with Crippen molar-refractivity contribution in [1.82, 2.24) is 4.98 Å². The molecule has 0 atom stereocenters. The van der Waals surface area contributed by atoms with E-state index in [2.05, 4.69) is 4.98 Å². The normalized spacial score (nSPS) is 10.1. The van der Waals surface area contributed by atoms with Crippen molar-refractivity contribution in [2.75, 3.05) is 12.8 Å². The molecule has 2 aromatic rings. The molecule has 0 aliphatic rings. The van der Waals surface area contributed by atoms with Crippen molar-refractivity contribution in [2.24, 2.45) is 0 Å². The molecular formula is C12H11ClN2O. The summed E-state index contributed by atoms with van der Waals surface area (Å²) < 4.78 is 5.08. The van der Waals surface area contributed by atoms with E-state index in [4.69, 9.17) is 22.1 Å². The fourth-order valence-corrected chi connectivity index (χ4v) is 1.66. The second-order valence-electron chi connectivity index (χ2n) is 3.33. The number of nitrogens with two attached hydrogens (primary N) is 1. The van der Waals surface area contributed by atoms with E-state index < -0.39 is 0 Å². The highest BCUT2D eigenvalue weighted by Gasteiger charge is 2.04. The number of nitrogens with zero attached hydrogens (tertiary/aromatic N) is 1. The molecule has 0 radical (unpaired) electrons. The number of ether oxygens (including phenoxy) is 1. The van der Waals surface area contributed by atoms with E-state index in [0.29, 0.717) is 16.5 Å². The van der Waals surface area contributed by atoms with Gasteiger partial charge in [0.1, 0.15) is 5.75 Å². The molecule has 0 aliphatic carbocycles. The molecule has 2 N–H and O–H groups in total. The van der Waals surface area contributed by atoms with Gasteiger partial charge in [-0.05, 0) is 30.3 Å². The van der Waals surface area contributed by atoms with Gasteiger partial charge in [0.05, 0.1) is 29.7 Å². The summed E-state index contributed by atoms with van der Waals surface area (Å²) in [7, 11) is 1.59. The van der Waals surface area contributed by atoms with Crippen molar-refractivity contribution in [2.45, 2.75) is 0 Å². The molecule has 1 aromatic heterocycles. The average Bonchev–Trinajstić information content (AvgIpc) is 2.30. The van der Waals surface area contributed by atoms with Crippen molar-refractivity contribution < 1.29 is 4.74 Å². The maximum atomic E-state index is 6.03. The predicted octanol–water partition coefficient (Wildman–Crippen LogP) is 2.99. The van der Waals surface area contributed by atoms with Gasteiger partial charge in [0.15, 0.2) is 0 Å². The van der Waals surface area contributed by atoms with E-state index in [1.807, 2.05) is 24.3 Å². The zero-order valence-electron chi connectivity index (χ0n) is 8.77. The smallest absolute Gasteiger partial charge is 0.137 e. The van der Waals surface area contributed by atoms with Gasteiger partial charge in [0.2, 0.25) is 0 Å². The van der Waals surface area contributed by atoms with Crippen molar-refractivity contribution in [3.8, 4) is 17.0 Å². The molecule has 0 spiro atoms. The molecule has 0 aliphatic heterocycles. The van der Waals surface area contributed by atoms with Gasteiger partial charge in [-0.15, -0.1) is 0 Å². The molecular weight excluding hydrogens is 224 g/mol. The van der Waals surface area contributed by atoms with Crippen LogP contribution in [0.25, 0.3) is 11.3 Å². The number of hydrogen-bond acceptors (Lipinski definition) is 3. The van der Waals surface area contributed by atoms with Crippen molar-refractivity contribution in [1.29, 1.82) is 0 Å². The number of halogens is 1. The van der Waals surface area contributed by atoms with Crippen LogP contribution in [0, 0.1) is 0 Å². The highest BCUT2D eigenvalue weighted by Crippen LogP contribution is 2.29. The molecule has 0 bridgehead atoms. The standard InChI is InChI=1S/C12H11ClN2O/c1-16-12-5-2-8(6-10(12)13)11-4-3-9(14)7-15-11/h2-7H,14H2,1H3. The molecule has 0 amide bonds. The lowest BCUT2D eigenvalue weighted by molar-refractivity contribution is 0.415. The van der Waals surface area contributed by atoms with Crippen LogP contribution in [0.5, 0.6) is 5.75 Å². The molecule has 0 unspecified atom stereocenters. The van der Waals surface area contributed by atoms with Crippen LogP contribution < -0.4 is 10.5 Å². The molecule has 1 heterocycles. The first-order valence-corrected chi connectivity index (χ1v) is 5.14. The summed E-state index contributed by atoms with van der Waals surface area (Å²) in [6.45, 7) is 0. The summed E-state index contributed by atoms with van der Waals surface area (Å²) in [4.78, 5) is 4.22. The maximum Gasteiger partial charge on any atom is 0.137 e. The number of pyridine rings is 1. The third-order valence-electron chi connectivity index (χ3n) is 2.23. The van der Waals surface area contributed by atoms with Crippen LogP contribution in [0.2, 0.25) is 5.02 Å². The van der Waals surface area contributed by atoms with Crippen LogP contribution in [0.15, 0.2) is 36.5 Å². The molecule has 1 aromatic carbocycles. The quantitative estimate of drug-likeness (QED) is 0.869. The van der Waals surface area contributed by atoms with E-state index in [1.165, 1.54) is 0 Å². The number of benzene rings is 1. The number of rotatable bonds is 2. The minimum atomic E-state index is 0.568. The third kappa shape index (κ3) is 2.09. The largest absolute Gasteiger partial charge is 0.495 e. The fraction of sp³-hybridized carbons (Fsp3) is 0.0833. The maximum absolute atomic E-state index is 6.03. The predicted molar refractivity (Wildman–Crippen MR) is 65.6 cm³/mol. The number of hydrogen-bond donors (Lipinski definition) is 1. The van der Waals surface area contributed by atoms with Crippen molar-refractivity contribution in [3.05, 3.63) is 41.6 Å². The Morgan fingerprint density at radius 1 is 1.25 bits per heavy atom. The fourth-order valence-electron chi connectivity index (χ4n) is 1.40. The van der Waals surface area contributed by atoms with E-state index in [9.17, 15) is 0 Å². The van der Waals surface area contributed by atoms with Crippen molar-refractivity contribution in [3.63, 3.8) is 0 Å². The van der Waals surface area contributed by atoms with Gasteiger partial charge < -0.3 is 10.5 Å². The molecule has 0 saturated carbocycles. The van der Waals surface area contributed by atoms with Gasteiger partial charge in [-0.25, -0.2) is 0 Å². The first kappa shape index (κ1) is 10.8. The van der Waals surface area contributed by atoms with Crippen LogP contribution in [-0.2, 0) is 0 Å². The summed E-state index contributed by atoms with van der Waals surface area (Å²) in [5, 5.41) is 0.568. The zero-order chi connectivity index (χ0) is 11.5. The lowest BCUT2D eigenvalue weighted by atomic mass is 10.1. The Morgan fingerprint density at radius 3 is 2.62 bits per heavy atom. The minimum Gasteiger partial charge on any atom is -0.495 e. The topological polar surface area (TPSA) is 48.1 Å².